The van der Waals surface area contributed by atoms with Crippen molar-refractivity contribution in [3.05, 3.63) is 30.3 Å². The van der Waals surface area contributed by atoms with Crippen LogP contribution >= 0.6 is 0 Å². The molecule has 0 aromatic heterocycles. The summed E-state index contributed by atoms with van der Waals surface area (Å²) in [4.78, 5) is 0.442. The Hall–Kier alpha value is -0.710. The minimum Gasteiger partial charge on any atom is -0.324 e. The van der Waals surface area contributed by atoms with E-state index in [9.17, 15) is 4.21 Å². The van der Waals surface area contributed by atoms with E-state index in [1.807, 2.05) is 0 Å². The summed E-state index contributed by atoms with van der Waals surface area (Å²) in [5.41, 5.74) is 0. The maximum atomic E-state index is 10.3. The number of rotatable bonds is 13. The first-order chi connectivity index (χ1) is 12.5. The lowest BCUT2D eigenvalue weighted by Gasteiger charge is -2.39. The van der Waals surface area contributed by atoms with Crippen molar-refractivity contribution in [3.8, 4) is 0 Å². The van der Waals surface area contributed by atoms with Gasteiger partial charge in [-0.05, 0) is 37.8 Å². The van der Waals surface area contributed by atoms with Crippen molar-refractivity contribution in [2.45, 2.75) is 84.0 Å². The third kappa shape index (κ3) is 11.8. The van der Waals surface area contributed by atoms with Gasteiger partial charge in [-0.15, -0.1) is 0 Å². The minimum atomic E-state index is -1.83. The van der Waals surface area contributed by atoms with Crippen molar-refractivity contribution in [2.75, 3.05) is 26.2 Å². The van der Waals surface area contributed by atoms with Crippen LogP contribution in [0.3, 0.4) is 0 Å². The number of hydrogen-bond acceptors (Lipinski definition) is 1. The van der Waals surface area contributed by atoms with E-state index in [2.05, 4.69) is 27.7 Å². The predicted molar refractivity (Wildman–Crippen MR) is 115 cm³/mol. The van der Waals surface area contributed by atoms with E-state index in [0.29, 0.717) is 4.90 Å². The van der Waals surface area contributed by atoms with Crippen molar-refractivity contribution < 1.29 is 13.2 Å². The molecule has 26 heavy (non-hydrogen) atoms. The lowest BCUT2D eigenvalue weighted by molar-refractivity contribution is -0.929. The summed E-state index contributed by atoms with van der Waals surface area (Å²) in [7, 11) is 0. The van der Waals surface area contributed by atoms with Gasteiger partial charge in [-0.25, -0.2) is 4.21 Å². The van der Waals surface area contributed by atoms with Crippen LogP contribution in [0.5, 0.6) is 0 Å². The SMILES string of the molecule is CCCC[N+](CCCC)(CCCC)CCCC.O=S(O)c1ccccc1. The third-order valence-electron chi connectivity index (χ3n) is 4.89. The minimum absolute atomic E-state index is 0.442. The molecule has 0 radical (unpaired) electrons. The summed E-state index contributed by atoms with van der Waals surface area (Å²) < 4.78 is 20.2. The molecule has 1 N–H and O–H groups in total. The van der Waals surface area contributed by atoms with Crippen LogP contribution in [0.1, 0.15) is 79.1 Å². The Morgan fingerprint density at radius 2 is 1.08 bits per heavy atom. The highest BCUT2D eigenvalue weighted by molar-refractivity contribution is 7.79. The van der Waals surface area contributed by atoms with Gasteiger partial charge in [0.2, 0.25) is 0 Å². The summed E-state index contributed by atoms with van der Waals surface area (Å²) in [5.74, 6) is 0. The fraction of sp³-hybridized carbons (Fsp3) is 0.727. The molecule has 1 rings (SSSR count). The van der Waals surface area contributed by atoms with Crippen molar-refractivity contribution in [1.82, 2.24) is 0 Å². The molecule has 0 aliphatic heterocycles. The molecule has 1 unspecified atom stereocenters. The van der Waals surface area contributed by atoms with E-state index in [1.165, 1.54) is 82.0 Å². The largest absolute Gasteiger partial charge is 0.324 e. The van der Waals surface area contributed by atoms with Crippen LogP contribution in [0.15, 0.2) is 35.2 Å². The first-order valence-corrected chi connectivity index (χ1v) is 11.7. The zero-order chi connectivity index (χ0) is 19.7. The Bertz CT molecular complexity index is 413. The molecule has 3 nitrogen and oxygen atoms in total. The second kappa shape index (κ2) is 16.5. The van der Waals surface area contributed by atoms with Crippen LogP contribution < -0.4 is 0 Å². The number of unbranched alkanes of at least 4 members (excludes halogenated alkanes) is 4. The topological polar surface area (TPSA) is 37.3 Å². The standard InChI is InChI=1S/C16H36N.C6H6O2S/c1-5-9-13-17(14-10-6-2,15-11-7-3)16-12-8-4;7-9(8)6-4-2-1-3-5-6/h5-16H2,1-4H3;1-5H,(H,7,8)/q+1;. The molecule has 0 aliphatic carbocycles. The van der Waals surface area contributed by atoms with E-state index in [1.54, 1.807) is 30.3 Å². The Balaban J connectivity index is 0.000000577. The highest BCUT2D eigenvalue weighted by Crippen LogP contribution is 2.16. The van der Waals surface area contributed by atoms with Gasteiger partial charge in [0, 0.05) is 0 Å². The van der Waals surface area contributed by atoms with Gasteiger partial charge in [0.25, 0.3) is 0 Å². The quantitative estimate of drug-likeness (QED) is 0.321. The van der Waals surface area contributed by atoms with Crippen molar-refractivity contribution >= 4 is 11.1 Å². The van der Waals surface area contributed by atoms with Crippen LogP contribution in [0.25, 0.3) is 0 Å². The normalized spacial score (nSPS) is 12.3. The van der Waals surface area contributed by atoms with Crippen LogP contribution in [0.4, 0.5) is 0 Å². The molecule has 1 aromatic rings. The molecular weight excluding hydrogens is 342 g/mol. The van der Waals surface area contributed by atoms with Gasteiger partial charge in [-0.2, -0.15) is 0 Å². The Labute approximate surface area is 165 Å². The highest BCUT2D eigenvalue weighted by Gasteiger charge is 2.24. The second-order valence-electron chi connectivity index (χ2n) is 7.21. The zero-order valence-electron chi connectivity index (χ0n) is 17.6. The van der Waals surface area contributed by atoms with Crippen LogP contribution in [-0.2, 0) is 11.1 Å². The molecule has 0 bridgehead atoms. The predicted octanol–water partition coefficient (Wildman–Crippen LogP) is 6.27. The van der Waals surface area contributed by atoms with Gasteiger partial charge in [-0.3, -0.25) is 0 Å². The summed E-state index contributed by atoms with van der Waals surface area (Å²) in [6.45, 7) is 15.0. The van der Waals surface area contributed by atoms with E-state index >= 15 is 0 Å². The second-order valence-corrected chi connectivity index (χ2v) is 8.18. The lowest BCUT2D eigenvalue weighted by atomic mass is 10.1. The number of benzene rings is 1. The lowest BCUT2D eigenvalue weighted by Crippen LogP contribution is -2.50. The first kappa shape index (κ1) is 25.3. The van der Waals surface area contributed by atoms with Crippen LogP contribution in [-0.4, -0.2) is 39.4 Å². The summed E-state index contributed by atoms with van der Waals surface area (Å²) in [6.07, 6.45) is 11.1. The molecule has 0 amide bonds. The average molecular weight is 385 g/mol. The molecule has 0 fully saturated rings. The van der Waals surface area contributed by atoms with Crippen molar-refractivity contribution in [1.29, 1.82) is 0 Å². The first-order valence-electron chi connectivity index (χ1n) is 10.6. The van der Waals surface area contributed by atoms with Gasteiger partial charge in [0.15, 0.2) is 11.1 Å². The molecule has 1 aromatic carbocycles. The molecule has 0 aliphatic rings. The number of hydrogen-bond donors (Lipinski definition) is 1. The Kier molecular flexibility index (Phi) is 16.0. The zero-order valence-corrected chi connectivity index (χ0v) is 18.4. The Morgan fingerprint density at radius 3 is 1.31 bits per heavy atom. The molecule has 0 saturated heterocycles. The molecule has 4 heteroatoms. The molecule has 0 saturated carbocycles. The van der Waals surface area contributed by atoms with Gasteiger partial charge in [-0.1, -0.05) is 71.6 Å². The monoisotopic (exact) mass is 384 g/mol. The van der Waals surface area contributed by atoms with E-state index in [4.69, 9.17) is 4.55 Å². The number of nitrogens with zero attached hydrogens (tertiary/aromatic N) is 1. The van der Waals surface area contributed by atoms with Gasteiger partial charge >= 0.3 is 0 Å². The summed E-state index contributed by atoms with van der Waals surface area (Å²) in [5, 5.41) is 0. The smallest absolute Gasteiger partial charge is 0.186 e. The Morgan fingerprint density at radius 1 is 0.731 bits per heavy atom. The van der Waals surface area contributed by atoms with Crippen LogP contribution in [0, 0.1) is 0 Å². The average Bonchev–Trinajstić information content (AvgIpc) is 2.68. The summed E-state index contributed by atoms with van der Waals surface area (Å²) in [6, 6.07) is 8.47. The van der Waals surface area contributed by atoms with Gasteiger partial charge < -0.3 is 9.04 Å². The molecular formula is C22H42NO2S+. The fourth-order valence-electron chi connectivity index (χ4n) is 3.18. The molecule has 0 heterocycles. The van der Waals surface area contributed by atoms with E-state index < -0.39 is 11.1 Å². The molecule has 0 spiro atoms. The van der Waals surface area contributed by atoms with Gasteiger partial charge in [0.05, 0.1) is 31.1 Å². The summed E-state index contributed by atoms with van der Waals surface area (Å²) >= 11 is -1.83. The van der Waals surface area contributed by atoms with E-state index in [0.717, 1.165) is 0 Å². The maximum absolute atomic E-state index is 10.3. The van der Waals surface area contributed by atoms with Gasteiger partial charge in [0.1, 0.15) is 0 Å². The van der Waals surface area contributed by atoms with Crippen LogP contribution in [0.2, 0.25) is 0 Å². The van der Waals surface area contributed by atoms with E-state index in [-0.39, 0.29) is 0 Å². The third-order valence-corrected chi connectivity index (χ3v) is 5.56. The fourth-order valence-corrected chi connectivity index (χ4v) is 3.57. The van der Waals surface area contributed by atoms with Crippen molar-refractivity contribution in [2.24, 2.45) is 0 Å². The van der Waals surface area contributed by atoms with Crippen molar-refractivity contribution in [3.63, 3.8) is 0 Å². The molecule has 152 valence electrons. The highest BCUT2D eigenvalue weighted by atomic mass is 32.2. The molecule has 1 atom stereocenters. The number of quaternary nitrogens is 1. The maximum Gasteiger partial charge on any atom is 0.186 e.